The van der Waals surface area contributed by atoms with Crippen molar-refractivity contribution in [3.63, 3.8) is 0 Å². The number of ketones is 1. The number of methoxy groups -OCH3 is 1. The molecule has 6 nitrogen and oxygen atoms in total. The van der Waals surface area contributed by atoms with Crippen molar-refractivity contribution in [1.29, 1.82) is 0 Å². The van der Waals surface area contributed by atoms with Gasteiger partial charge in [0.05, 0.1) is 28.9 Å². The maximum atomic E-state index is 13.3. The van der Waals surface area contributed by atoms with E-state index in [2.05, 4.69) is 4.98 Å². The predicted octanol–water partition coefficient (Wildman–Crippen LogP) is 5.55. The van der Waals surface area contributed by atoms with Gasteiger partial charge in [-0.2, -0.15) is 0 Å². The zero-order chi connectivity index (χ0) is 24.0. The van der Waals surface area contributed by atoms with Crippen molar-refractivity contribution >= 4 is 44.1 Å². The van der Waals surface area contributed by atoms with Gasteiger partial charge in [0, 0.05) is 5.56 Å². The van der Waals surface area contributed by atoms with Crippen molar-refractivity contribution in [1.82, 2.24) is 4.98 Å². The van der Waals surface area contributed by atoms with Crippen molar-refractivity contribution in [3.8, 4) is 5.75 Å². The highest BCUT2D eigenvalue weighted by Gasteiger charge is 2.48. The summed E-state index contributed by atoms with van der Waals surface area (Å²) in [6, 6.07) is 19.4. The number of hydrogen-bond acceptors (Lipinski definition) is 6. The first kappa shape index (κ1) is 21.9. The van der Waals surface area contributed by atoms with Crippen LogP contribution in [0.5, 0.6) is 5.75 Å². The normalized spacial score (nSPS) is 17.5. The summed E-state index contributed by atoms with van der Waals surface area (Å²) in [5.74, 6) is -1.18. The number of rotatable bonds is 4. The molecule has 0 saturated carbocycles. The molecule has 0 unspecified atom stereocenters. The number of carbonyl (C=O) groups is 2. The van der Waals surface area contributed by atoms with Crippen LogP contribution in [0.1, 0.15) is 28.3 Å². The van der Waals surface area contributed by atoms with Gasteiger partial charge < -0.3 is 9.84 Å². The first-order valence-corrected chi connectivity index (χ1v) is 11.6. The Morgan fingerprint density at radius 3 is 2.47 bits per heavy atom. The van der Waals surface area contributed by atoms with Crippen molar-refractivity contribution < 1.29 is 19.4 Å². The second-order valence-corrected chi connectivity index (χ2v) is 9.29. The lowest BCUT2D eigenvalue weighted by atomic mass is 9.95. The molecule has 1 aliphatic heterocycles. The number of aliphatic hydroxyl groups is 1. The average molecular weight is 471 g/mol. The van der Waals surface area contributed by atoms with E-state index in [0.29, 0.717) is 22.0 Å². The van der Waals surface area contributed by atoms with E-state index in [1.54, 1.807) is 24.3 Å². The molecule has 1 saturated heterocycles. The van der Waals surface area contributed by atoms with E-state index < -0.39 is 17.7 Å². The van der Waals surface area contributed by atoms with Gasteiger partial charge in [0.1, 0.15) is 11.5 Å². The summed E-state index contributed by atoms with van der Waals surface area (Å²) in [4.78, 5) is 32.7. The second kappa shape index (κ2) is 8.43. The minimum Gasteiger partial charge on any atom is -0.507 e. The van der Waals surface area contributed by atoms with E-state index in [0.717, 1.165) is 21.3 Å². The van der Waals surface area contributed by atoms with E-state index in [4.69, 9.17) is 4.74 Å². The number of fused-ring (bicyclic) bond motifs is 1. The van der Waals surface area contributed by atoms with E-state index >= 15 is 0 Å². The fourth-order valence-electron chi connectivity index (χ4n) is 4.14. The smallest absolute Gasteiger partial charge is 0.301 e. The van der Waals surface area contributed by atoms with Crippen molar-refractivity contribution in [2.75, 3.05) is 12.0 Å². The summed E-state index contributed by atoms with van der Waals surface area (Å²) in [6.45, 7) is 3.96. The van der Waals surface area contributed by atoms with Gasteiger partial charge in [-0.15, -0.1) is 0 Å². The number of thiazole rings is 1. The molecule has 0 radical (unpaired) electrons. The number of ether oxygens (including phenoxy) is 1. The van der Waals surface area contributed by atoms with Crippen LogP contribution in [-0.2, 0) is 9.59 Å². The van der Waals surface area contributed by atoms with Crippen LogP contribution >= 0.6 is 11.3 Å². The topological polar surface area (TPSA) is 79.7 Å². The van der Waals surface area contributed by atoms with Crippen LogP contribution in [-0.4, -0.2) is 28.9 Å². The largest absolute Gasteiger partial charge is 0.507 e. The summed E-state index contributed by atoms with van der Waals surface area (Å²) < 4.78 is 6.19. The molecule has 0 spiro atoms. The van der Waals surface area contributed by atoms with Crippen molar-refractivity contribution in [2.45, 2.75) is 19.9 Å². The molecule has 0 bridgehead atoms. The van der Waals surface area contributed by atoms with Crippen LogP contribution in [0.15, 0.2) is 72.3 Å². The third-order valence-corrected chi connectivity index (χ3v) is 6.94. The molecule has 4 aromatic rings. The number of anilines is 1. The minimum absolute atomic E-state index is 0.0255. The number of nitrogens with zero attached hydrogens (tertiary/aromatic N) is 2. The Bertz CT molecular complexity index is 1470. The molecular weight excluding hydrogens is 448 g/mol. The highest BCUT2D eigenvalue weighted by molar-refractivity contribution is 7.22. The predicted molar refractivity (Wildman–Crippen MR) is 133 cm³/mol. The number of hydrogen-bond donors (Lipinski definition) is 1. The molecule has 170 valence electrons. The van der Waals surface area contributed by atoms with Gasteiger partial charge in [-0.1, -0.05) is 59.4 Å². The number of aromatic nitrogens is 1. The molecule has 2 heterocycles. The van der Waals surface area contributed by atoms with E-state index in [1.807, 2.05) is 56.3 Å². The standard InChI is InChI=1S/C27H22N2O4S/c1-15-7-10-17(11-8-15)23-22(24(30)18-5-4-6-19(14-18)33-3)25(31)26(32)29(23)27-28-20-12-9-16(2)13-21(20)34-27/h4-14,23,30H,1-3H3/t23-/m1/s1. The Labute approximate surface area is 200 Å². The minimum atomic E-state index is -0.812. The molecule has 1 amide bonds. The fourth-order valence-corrected chi connectivity index (χ4v) is 5.23. The monoisotopic (exact) mass is 470 g/mol. The van der Waals surface area contributed by atoms with Crippen LogP contribution < -0.4 is 9.64 Å². The summed E-state index contributed by atoms with van der Waals surface area (Å²) in [5.41, 5.74) is 4.02. The first-order chi connectivity index (χ1) is 16.4. The van der Waals surface area contributed by atoms with E-state index in [-0.39, 0.29) is 11.3 Å². The number of aliphatic hydroxyl groups excluding tert-OH is 1. The lowest BCUT2D eigenvalue weighted by molar-refractivity contribution is -0.132. The maximum absolute atomic E-state index is 13.3. The number of carbonyl (C=O) groups excluding carboxylic acids is 2. The molecule has 5 rings (SSSR count). The summed E-state index contributed by atoms with van der Waals surface area (Å²) in [7, 11) is 1.53. The Balaban J connectivity index is 1.73. The van der Waals surface area contributed by atoms with Crippen LogP contribution in [0, 0.1) is 13.8 Å². The van der Waals surface area contributed by atoms with E-state index in [1.165, 1.54) is 23.3 Å². The molecule has 1 atom stereocenters. The number of benzene rings is 3. The Hall–Kier alpha value is -3.97. The third-order valence-electron chi connectivity index (χ3n) is 5.92. The molecule has 1 fully saturated rings. The summed E-state index contributed by atoms with van der Waals surface area (Å²) in [6.07, 6.45) is 0. The molecule has 1 aliphatic rings. The average Bonchev–Trinajstić information content (AvgIpc) is 3.37. The third kappa shape index (κ3) is 3.64. The molecule has 3 aromatic carbocycles. The number of Topliss-reactive ketones (excluding diaryl/α,β-unsaturated/α-hetero) is 1. The van der Waals surface area contributed by atoms with Gasteiger partial charge in [-0.25, -0.2) is 4.98 Å². The SMILES string of the molecule is COc1cccc(C(O)=C2C(=O)C(=O)N(c3nc4ccc(C)cc4s3)[C@@H]2c2ccc(C)cc2)c1. The zero-order valence-corrected chi connectivity index (χ0v) is 19.7. The molecule has 0 aliphatic carbocycles. The Kier molecular flexibility index (Phi) is 5.42. The molecule has 1 N–H and O–H groups in total. The van der Waals surface area contributed by atoms with Crippen LogP contribution in [0.4, 0.5) is 5.13 Å². The van der Waals surface area contributed by atoms with Gasteiger partial charge in [-0.3, -0.25) is 14.5 Å². The highest BCUT2D eigenvalue weighted by Crippen LogP contribution is 2.44. The Morgan fingerprint density at radius 2 is 1.74 bits per heavy atom. The molecule has 7 heteroatoms. The van der Waals surface area contributed by atoms with Crippen LogP contribution in [0.3, 0.4) is 0 Å². The van der Waals surface area contributed by atoms with Gasteiger partial charge in [0.25, 0.3) is 5.78 Å². The van der Waals surface area contributed by atoms with E-state index in [9.17, 15) is 14.7 Å². The van der Waals surface area contributed by atoms with Crippen molar-refractivity contribution in [2.24, 2.45) is 0 Å². The maximum Gasteiger partial charge on any atom is 0.301 e. The van der Waals surface area contributed by atoms with Gasteiger partial charge in [0.2, 0.25) is 0 Å². The van der Waals surface area contributed by atoms with Gasteiger partial charge >= 0.3 is 5.91 Å². The number of aryl methyl sites for hydroxylation is 2. The summed E-state index contributed by atoms with van der Waals surface area (Å²) >= 11 is 1.35. The van der Waals surface area contributed by atoms with Crippen LogP contribution in [0.2, 0.25) is 0 Å². The molecule has 34 heavy (non-hydrogen) atoms. The molecular formula is C27H22N2O4S. The Morgan fingerprint density at radius 1 is 1.00 bits per heavy atom. The lowest BCUT2D eigenvalue weighted by Gasteiger charge is -2.23. The molecule has 1 aromatic heterocycles. The number of amides is 1. The first-order valence-electron chi connectivity index (χ1n) is 10.8. The van der Waals surface area contributed by atoms with Gasteiger partial charge in [-0.05, 0) is 49.2 Å². The quantitative estimate of drug-likeness (QED) is 0.240. The summed E-state index contributed by atoms with van der Waals surface area (Å²) in [5, 5.41) is 11.7. The van der Waals surface area contributed by atoms with Crippen molar-refractivity contribution in [3.05, 3.63) is 94.6 Å². The zero-order valence-electron chi connectivity index (χ0n) is 18.9. The fraction of sp³-hybridized carbons (Fsp3) is 0.148. The highest BCUT2D eigenvalue weighted by atomic mass is 32.1. The second-order valence-electron chi connectivity index (χ2n) is 8.28. The lowest BCUT2D eigenvalue weighted by Crippen LogP contribution is -2.29. The van der Waals surface area contributed by atoms with Crippen LogP contribution in [0.25, 0.3) is 16.0 Å². The van der Waals surface area contributed by atoms with Gasteiger partial charge in [0.15, 0.2) is 5.13 Å².